The van der Waals surface area contributed by atoms with Crippen LogP contribution in [-0.2, 0) is 0 Å². The van der Waals surface area contributed by atoms with Crippen LogP contribution >= 0.6 is 11.6 Å². The fourth-order valence-electron chi connectivity index (χ4n) is 1.25. The summed E-state index contributed by atoms with van der Waals surface area (Å²) in [5.41, 5.74) is 0.683. The molecule has 5 heteroatoms. The first-order chi connectivity index (χ1) is 7.47. The van der Waals surface area contributed by atoms with E-state index >= 15 is 0 Å². The molecule has 0 aromatic heterocycles. The maximum absolute atomic E-state index is 13.9. The molecular weight excluding hydrogens is 233 g/mol. The average molecular weight is 246 g/mol. The highest BCUT2D eigenvalue weighted by atomic mass is 35.5. The van der Waals surface area contributed by atoms with E-state index in [-0.39, 0.29) is 22.6 Å². The molecular formula is C11H13ClFNO2. The quantitative estimate of drug-likeness (QED) is 0.504. The largest absolute Gasteiger partial charge is 0.488 e. The summed E-state index contributed by atoms with van der Waals surface area (Å²) in [6.45, 7) is 5.33. The lowest BCUT2D eigenvalue weighted by atomic mass is 10.1. The summed E-state index contributed by atoms with van der Waals surface area (Å²) in [4.78, 5) is 0. The van der Waals surface area contributed by atoms with Gasteiger partial charge in [0.05, 0.1) is 11.7 Å². The molecule has 0 radical (unpaired) electrons. The van der Waals surface area contributed by atoms with Crippen LogP contribution in [-0.4, -0.2) is 16.5 Å². The zero-order valence-corrected chi connectivity index (χ0v) is 10.0. The second-order valence-electron chi connectivity index (χ2n) is 3.63. The predicted octanol–water partition coefficient (Wildman–Crippen LogP) is 3.30. The van der Waals surface area contributed by atoms with Crippen LogP contribution < -0.4 is 4.74 Å². The Morgan fingerprint density at radius 1 is 1.50 bits per heavy atom. The molecule has 0 fully saturated rings. The fraction of sp³-hybridized carbons (Fsp3) is 0.364. The first-order valence-corrected chi connectivity index (χ1v) is 5.18. The summed E-state index contributed by atoms with van der Waals surface area (Å²) in [6, 6.07) is 3.10. The van der Waals surface area contributed by atoms with Crippen molar-refractivity contribution in [3.05, 3.63) is 29.1 Å². The number of hydrogen-bond donors (Lipinski definition) is 1. The van der Waals surface area contributed by atoms with E-state index in [4.69, 9.17) is 21.5 Å². The third-order valence-corrected chi connectivity index (χ3v) is 2.24. The summed E-state index contributed by atoms with van der Waals surface area (Å²) in [5.74, 6) is -0.481. The van der Waals surface area contributed by atoms with Gasteiger partial charge in [-0.05, 0) is 32.4 Å². The lowest BCUT2D eigenvalue weighted by Crippen LogP contribution is -2.10. The van der Waals surface area contributed by atoms with Crippen LogP contribution in [0.5, 0.6) is 5.75 Å². The maximum atomic E-state index is 13.9. The van der Waals surface area contributed by atoms with E-state index in [1.165, 1.54) is 6.07 Å². The van der Waals surface area contributed by atoms with Crippen molar-refractivity contribution in [2.75, 3.05) is 0 Å². The Bertz CT molecular complexity index is 419. The van der Waals surface area contributed by atoms with Crippen LogP contribution in [0, 0.1) is 12.7 Å². The van der Waals surface area contributed by atoms with Gasteiger partial charge >= 0.3 is 0 Å². The maximum Gasteiger partial charge on any atom is 0.178 e. The number of nitrogens with zero attached hydrogens (tertiary/aromatic N) is 1. The fourth-order valence-corrected chi connectivity index (χ4v) is 1.39. The SMILES string of the molecule is Cc1ccc(/C(Cl)=N\O)c(F)c1OC(C)C. The summed E-state index contributed by atoms with van der Waals surface area (Å²) < 4.78 is 19.3. The number of aryl methyl sites for hydroxylation is 1. The van der Waals surface area contributed by atoms with Gasteiger partial charge in [-0.1, -0.05) is 22.8 Å². The highest BCUT2D eigenvalue weighted by Gasteiger charge is 2.16. The van der Waals surface area contributed by atoms with Crippen LogP contribution in [0.1, 0.15) is 25.0 Å². The van der Waals surface area contributed by atoms with Crippen molar-refractivity contribution in [2.24, 2.45) is 5.16 Å². The standard InChI is InChI=1S/C11H13ClFNO2/c1-6(2)16-10-7(3)4-5-8(9(10)13)11(12)14-15/h4-6,15H,1-3H3/b14-11+. The Morgan fingerprint density at radius 3 is 2.62 bits per heavy atom. The topological polar surface area (TPSA) is 41.8 Å². The summed E-state index contributed by atoms with van der Waals surface area (Å²) in [6.07, 6.45) is -0.145. The minimum atomic E-state index is -0.614. The van der Waals surface area contributed by atoms with E-state index in [2.05, 4.69) is 5.16 Å². The van der Waals surface area contributed by atoms with Gasteiger partial charge in [-0.15, -0.1) is 0 Å². The third-order valence-electron chi connectivity index (χ3n) is 1.96. The molecule has 1 aromatic rings. The normalized spacial score (nSPS) is 12.0. The van der Waals surface area contributed by atoms with Crippen LogP contribution in [0.25, 0.3) is 0 Å². The van der Waals surface area contributed by atoms with E-state index in [1.807, 2.05) is 0 Å². The zero-order chi connectivity index (χ0) is 12.3. The minimum absolute atomic E-state index is 0.0189. The predicted molar refractivity (Wildman–Crippen MR) is 61.1 cm³/mol. The second-order valence-corrected chi connectivity index (χ2v) is 3.99. The van der Waals surface area contributed by atoms with E-state index in [9.17, 15) is 4.39 Å². The van der Waals surface area contributed by atoms with Gasteiger partial charge in [0.1, 0.15) is 0 Å². The monoisotopic (exact) mass is 245 g/mol. The first kappa shape index (κ1) is 12.8. The van der Waals surface area contributed by atoms with E-state index in [1.54, 1.807) is 26.8 Å². The van der Waals surface area contributed by atoms with Crippen molar-refractivity contribution in [3.8, 4) is 5.75 Å². The van der Waals surface area contributed by atoms with Gasteiger partial charge in [0.2, 0.25) is 0 Å². The molecule has 0 saturated heterocycles. The molecule has 0 aliphatic heterocycles. The molecule has 1 aromatic carbocycles. The van der Waals surface area contributed by atoms with Crippen molar-refractivity contribution in [1.82, 2.24) is 0 Å². The summed E-state index contributed by atoms with van der Waals surface area (Å²) >= 11 is 5.56. The third kappa shape index (κ3) is 2.64. The smallest absolute Gasteiger partial charge is 0.178 e. The molecule has 16 heavy (non-hydrogen) atoms. The van der Waals surface area contributed by atoms with Crippen LogP contribution in [0.2, 0.25) is 0 Å². The molecule has 3 nitrogen and oxygen atoms in total. The molecule has 0 spiro atoms. The van der Waals surface area contributed by atoms with Gasteiger partial charge in [0.25, 0.3) is 0 Å². The van der Waals surface area contributed by atoms with Gasteiger partial charge in [-0.25, -0.2) is 4.39 Å². The van der Waals surface area contributed by atoms with Gasteiger partial charge < -0.3 is 9.94 Å². The summed E-state index contributed by atoms with van der Waals surface area (Å²) in [7, 11) is 0. The molecule has 0 atom stereocenters. The number of hydrogen-bond acceptors (Lipinski definition) is 3. The number of ether oxygens (including phenoxy) is 1. The number of oxime groups is 1. The van der Waals surface area contributed by atoms with Gasteiger partial charge in [0.15, 0.2) is 16.7 Å². The van der Waals surface area contributed by atoms with Crippen molar-refractivity contribution < 1.29 is 14.3 Å². The Balaban J connectivity index is 3.27. The van der Waals surface area contributed by atoms with Gasteiger partial charge in [0, 0.05) is 0 Å². The molecule has 0 aliphatic rings. The highest BCUT2D eigenvalue weighted by molar-refractivity contribution is 6.69. The molecule has 0 saturated carbocycles. The lowest BCUT2D eigenvalue weighted by molar-refractivity contribution is 0.229. The van der Waals surface area contributed by atoms with E-state index < -0.39 is 5.82 Å². The summed E-state index contributed by atoms with van der Waals surface area (Å²) in [5, 5.41) is 11.0. The van der Waals surface area contributed by atoms with Crippen LogP contribution in [0.4, 0.5) is 4.39 Å². The van der Waals surface area contributed by atoms with Gasteiger partial charge in [-0.2, -0.15) is 0 Å². The van der Waals surface area contributed by atoms with E-state index in [0.29, 0.717) is 5.56 Å². The van der Waals surface area contributed by atoms with Crippen molar-refractivity contribution >= 4 is 16.8 Å². The molecule has 0 unspecified atom stereocenters. The molecule has 1 N–H and O–H groups in total. The lowest BCUT2D eigenvalue weighted by Gasteiger charge is -2.14. The van der Waals surface area contributed by atoms with Crippen LogP contribution in [0.15, 0.2) is 17.3 Å². The van der Waals surface area contributed by atoms with E-state index in [0.717, 1.165) is 0 Å². The molecule has 1 rings (SSSR count). The van der Waals surface area contributed by atoms with Crippen molar-refractivity contribution in [2.45, 2.75) is 26.9 Å². The van der Waals surface area contributed by atoms with Gasteiger partial charge in [-0.3, -0.25) is 0 Å². The molecule has 0 bridgehead atoms. The second kappa shape index (κ2) is 5.16. The van der Waals surface area contributed by atoms with Crippen molar-refractivity contribution in [1.29, 1.82) is 0 Å². The molecule has 0 heterocycles. The Labute approximate surface area is 98.5 Å². The van der Waals surface area contributed by atoms with Crippen molar-refractivity contribution in [3.63, 3.8) is 0 Å². The number of halogens is 2. The number of benzene rings is 1. The highest BCUT2D eigenvalue weighted by Crippen LogP contribution is 2.27. The average Bonchev–Trinajstić information content (AvgIpc) is 2.23. The first-order valence-electron chi connectivity index (χ1n) is 4.81. The molecule has 88 valence electrons. The Kier molecular flexibility index (Phi) is 4.12. The Morgan fingerprint density at radius 2 is 2.12 bits per heavy atom. The molecule has 0 amide bonds. The minimum Gasteiger partial charge on any atom is -0.488 e. The van der Waals surface area contributed by atoms with Crippen LogP contribution in [0.3, 0.4) is 0 Å². The number of rotatable bonds is 3. The molecule has 0 aliphatic carbocycles. The zero-order valence-electron chi connectivity index (χ0n) is 9.29. The Hall–Kier alpha value is -1.29.